The Hall–Kier alpha value is -2.14. The minimum absolute atomic E-state index is 0.361. The summed E-state index contributed by atoms with van der Waals surface area (Å²) in [4.78, 5) is 25.5. The van der Waals surface area contributed by atoms with Crippen molar-refractivity contribution in [2.24, 2.45) is 11.3 Å². The number of esters is 2. The van der Waals surface area contributed by atoms with Crippen molar-refractivity contribution in [2.75, 3.05) is 13.2 Å². The first-order valence-electron chi connectivity index (χ1n) is 9.99. The molecule has 1 atom stereocenters. The SMILES string of the molecule is Cc1ccc(C)c(C2=C(OC(=O)C(C)(C)C)C(CC3CCOCC3)OC2=O)c1. The highest BCUT2D eigenvalue weighted by Gasteiger charge is 2.41. The van der Waals surface area contributed by atoms with E-state index in [0.29, 0.717) is 23.7 Å². The number of hydrogen-bond acceptors (Lipinski definition) is 5. The van der Waals surface area contributed by atoms with Crippen molar-refractivity contribution in [3.05, 3.63) is 40.6 Å². The Bertz CT molecular complexity index is 794. The van der Waals surface area contributed by atoms with Crippen molar-refractivity contribution >= 4 is 17.5 Å². The fourth-order valence-electron chi connectivity index (χ4n) is 3.56. The second kappa shape index (κ2) is 8.08. The first kappa shape index (κ1) is 20.6. The van der Waals surface area contributed by atoms with Crippen LogP contribution in [-0.4, -0.2) is 31.3 Å². The van der Waals surface area contributed by atoms with Gasteiger partial charge in [-0.05, 0) is 70.9 Å². The molecule has 1 saturated heterocycles. The third-order valence-electron chi connectivity index (χ3n) is 5.36. The summed E-state index contributed by atoms with van der Waals surface area (Å²) in [5.41, 5.74) is 2.48. The zero-order valence-electron chi connectivity index (χ0n) is 17.5. The standard InChI is InChI=1S/C23H30O5/c1-14-6-7-15(2)17(12-14)19-20(28-22(25)23(3,4)5)18(27-21(19)24)13-16-8-10-26-11-9-16/h6-7,12,16,18H,8-11,13H2,1-5H3. The lowest BCUT2D eigenvalue weighted by molar-refractivity contribution is -0.152. The van der Waals surface area contributed by atoms with E-state index in [0.717, 1.165) is 42.7 Å². The predicted octanol–water partition coefficient (Wildman–Crippen LogP) is 4.35. The van der Waals surface area contributed by atoms with Crippen LogP contribution in [0.15, 0.2) is 24.0 Å². The Morgan fingerprint density at radius 2 is 1.86 bits per heavy atom. The molecule has 0 spiro atoms. The van der Waals surface area contributed by atoms with Crippen LogP contribution in [-0.2, 0) is 23.8 Å². The number of carbonyl (C=O) groups excluding carboxylic acids is 2. The highest BCUT2D eigenvalue weighted by atomic mass is 16.6. The van der Waals surface area contributed by atoms with Crippen LogP contribution in [0.3, 0.4) is 0 Å². The van der Waals surface area contributed by atoms with Gasteiger partial charge in [0.25, 0.3) is 0 Å². The molecule has 1 aromatic rings. The van der Waals surface area contributed by atoms with Crippen LogP contribution in [0, 0.1) is 25.2 Å². The molecule has 1 aromatic carbocycles. The molecule has 3 rings (SSSR count). The summed E-state index contributed by atoms with van der Waals surface area (Å²) in [6, 6.07) is 5.92. The van der Waals surface area contributed by atoms with Crippen LogP contribution in [0.5, 0.6) is 0 Å². The number of hydrogen-bond donors (Lipinski definition) is 0. The van der Waals surface area contributed by atoms with Gasteiger partial charge in [-0.3, -0.25) is 4.79 Å². The monoisotopic (exact) mass is 386 g/mol. The predicted molar refractivity (Wildman–Crippen MR) is 106 cm³/mol. The largest absolute Gasteiger partial charge is 0.450 e. The van der Waals surface area contributed by atoms with Gasteiger partial charge < -0.3 is 14.2 Å². The minimum Gasteiger partial charge on any atom is -0.450 e. The number of rotatable bonds is 4. The molecular weight excluding hydrogens is 356 g/mol. The molecule has 0 saturated carbocycles. The van der Waals surface area contributed by atoms with E-state index in [-0.39, 0.29) is 5.97 Å². The topological polar surface area (TPSA) is 61.8 Å². The van der Waals surface area contributed by atoms with Gasteiger partial charge in [-0.15, -0.1) is 0 Å². The molecule has 5 nitrogen and oxygen atoms in total. The van der Waals surface area contributed by atoms with Crippen LogP contribution in [0.25, 0.3) is 5.57 Å². The molecule has 152 valence electrons. The van der Waals surface area contributed by atoms with Crippen LogP contribution in [0.2, 0.25) is 0 Å². The van der Waals surface area contributed by atoms with Gasteiger partial charge in [-0.25, -0.2) is 4.79 Å². The number of aryl methyl sites for hydroxylation is 2. The second-order valence-electron chi connectivity index (χ2n) is 8.88. The molecule has 5 heteroatoms. The molecule has 2 aliphatic rings. The fourth-order valence-corrected chi connectivity index (χ4v) is 3.56. The number of ether oxygens (including phenoxy) is 3. The fraction of sp³-hybridized carbons (Fsp3) is 0.565. The van der Waals surface area contributed by atoms with Crippen molar-refractivity contribution in [2.45, 2.75) is 60.0 Å². The van der Waals surface area contributed by atoms with E-state index in [1.165, 1.54) is 0 Å². The van der Waals surface area contributed by atoms with Gasteiger partial charge in [-0.1, -0.05) is 23.8 Å². The number of carbonyl (C=O) groups is 2. The average Bonchev–Trinajstić information content (AvgIpc) is 2.92. The van der Waals surface area contributed by atoms with Crippen molar-refractivity contribution < 1.29 is 23.8 Å². The quantitative estimate of drug-likeness (QED) is 0.720. The van der Waals surface area contributed by atoms with Gasteiger partial charge in [0, 0.05) is 13.2 Å². The van der Waals surface area contributed by atoms with E-state index in [4.69, 9.17) is 14.2 Å². The van der Waals surface area contributed by atoms with Crippen LogP contribution in [0.1, 0.15) is 56.7 Å². The number of cyclic esters (lactones) is 1. The lowest BCUT2D eigenvalue weighted by Gasteiger charge is -2.26. The first-order chi connectivity index (χ1) is 13.2. The number of benzene rings is 1. The molecule has 1 unspecified atom stereocenters. The zero-order valence-corrected chi connectivity index (χ0v) is 17.5. The molecule has 0 N–H and O–H groups in total. The lowest BCUT2D eigenvalue weighted by Crippen LogP contribution is -2.27. The van der Waals surface area contributed by atoms with Gasteiger partial charge in [0.1, 0.15) is 5.57 Å². The van der Waals surface area contributed by atoms with Gasteiger partial charge >= 0.3 is 11.9 Å². The first-order valence-corrected chi connectivity index (χ1v) is 9.99. The summed E-state index contributed by atoms with van der Waals surface area (Å²) in [6.07, 6.45) is 1.97. The van der Waals surface area contributed by atoms with Crippen molar-refractivity contribution in [1.82, 2.24) is 0 Å². The highest BCUT2D eigenvalue weighted by Crippen LogP contribution is 2.38. The summed E-state index contributed by atoms with van der Waals surface area (Å²) < 4.78 is 17.0. The maximum Gasteiger partial charge on any atom is 0.343 e. The van der Waals surface area contributed by atoms with E-state index in [9.17, 15) is 9.59 Å². The van der Waals surface area contributed by atoms with Crippen molar-refractivity contribution in [3.8, 4) is 0 Å². The maximum absolute atomic E-state index is 12.8. The molecule has 28 heavy (non-hydrogen) atoms. The van der Waals surface area contributed by atoms with Crippen molar-refractivity contribution in [3.63, 3.8) is 0 Å². The smallest absolute Gasteiger partial charge is 0.343 e. The Morgan fingerprint density at radius 1 is 1.18 bits per heavy atom. The molecule has 0 aliphatic carbocycles. The summed E-state index contributed by atoms with van der Waals surface area (Å²) in [7, 11) is 0. The van der Waals surface area contributed by atoms with Crippen LogP contribution in [0.4, 0.5) is 0 Å². The van der Waals surface area contributed by atoms with E-state index in [2.05, 4.69) is 0 Å². The van der Waals surface area contributed by atoms with Gasteiger partial charge in [0.05, 0.1) is 5.41 Å². The summed E-state index contributed by atoms with van der Waals surface area (Å²) >= 11 is 0. The average molecular weight is 386 g/mol. The Balaban J connectivity index is 2.00. The molecule has 1 fully saturated rings. The highest BCUT2D eigenvalue weighted by molar-refractivity contribution is 6.20. The Kier molecular flexibility index (Phi) is 5.94. The summed E-state index contributed by atoms with van der Waals surface area (Å²) in [6.45, 7) is 10.8. The second-order valence-corrected chi connectivity index (χ2v) is 8.88. The normalized spacial score (nSPS) is 21.0. The molecular formula is C23H30O5. The molecule has 0 amide bonds. The van der Waals surface area contributed by atoms with Gasteiger partial charge in [0.2, 0.25) is 0 Å². The molecule has 0 aromatic heterocycles. The third kappa shape index (κ3) is 4.46. The maximum atomic E-state index is 12.8. The van der Waals surface area contributed by atoms with E-state index < -0.39 is 17.5 Å². The Labute approximate surface area is 167 Å². The van der Waals surface area contributed by atoms with E-state index in [1.54, 1.807) is 20.8 Å². The molecule has 0 radical (unpaired) electrons. The third-order valence-corrected chi connectivity index (χ3v) is 5.36. The van der Waals surface area contributed by atoms with Gasteiger partial charge in [-0.2, -0.15) is 0 Å². The van der Waals surface area contributed by atoms with Gasteiger partial charge in [0.15, 0.2) is 11.9 Å². The van der Waals surface area contributed by atoms with Crippen LogP contribution < -0.4 is 0 Å². The molecule has 2 aliphatic heterocycles. The summed E-state index contributed by atoms with van der Waals surface area (Å²) in [5, 5.41) is 0. The van der Waals surface area contributed by atoms with Crippen molar-refractivity contribution in [1.29, 1.82) is 0 Å². The lowest BCUT2D eigenvalue weighted by atomic mass is 9.91. The molecule has 0 bridgehead atoms. The van der Waals surface area contributed by atoms with E-state index >= 15 is 0 Å². The molecule has 2 heterocycles. The van der Waals surface area contributed by atoms with Crippen LogP contribution >= 0.6 is 0 Å². The minimum atomic E-state index is -0.672. The van der Waals surface area contributed by atoms with E-state index in [1.807, 2.05) is 32.0 Å². The zero-order chi connectivity index (χ0) is 20.5. The Morgan fingerprint density at radius 3 is 2.50 bits per heavy atom. The summed E-state index contributed by atoms with van der Waals surface area (Å²) in [5.74, 6) is -0.0268.